The largest absolute Gasteiger partial charge is 0.494 e. The molecule has 25 heavy (non-hydrogen) atoms. The van der Waals surface area contributed by atoms with Crippen LogP contribution < -0.4 is 10.2 Å². The number of hydrogen-bond donors (Lipinski definition) is 1. The van der Waals surface area contributed by atoms with Crippen LogP contribution >= 0.6 is 54.5 Å². The van der Waals surface area contributed by atoms with Gasteiger partial charge in [0.15, 0.2) is 5.76 Å². The molecule has 0 aliphatic heterocycles. The van der Waals surface area contributed by atoms with E-state index in [9.17, 15) is 4.79 Å². The first kappa shape index (κ1) is 18.4. The molecule has 0 spiro atoms. The van der Waals surface area contributed by atoms with Crippen LogP contribution in [-0.2, 0) is 0 Å². The molecule has 3 rings (SSSR count). The number of furan rings is 1. The molecule has 0 aliphatic rings. The maximum Gasteiger partial charge on any atom is 0.307 e. The van der Waals surface area contributed by atoms with Crippen molar-refractivity contribution in [3.05, 3.63) is 60.2 Å². The number of hydrogen-bond acceptors (Lipinski definition) is 4. The molecule has 3 aromatic rings. The Morgan fingerprint density at radius 1 is 1.28 bits per heavy atom. The van der Waals surface area contributed by atoms with Crippen LogP contribution in [0.2, 0.25) is 0 Å². The minimum absolute atomic E-state index is 0.204. The van der Waals surface area contributed by atoms with E-state index in [-0.39, 0.29) is 5.76 Å². The molecule has 128 valence electrons. The third-order valence-corrected chi connectivity index (χ3v) is 5.19. The molecule has 0 radical (unpaired) electrons. The summed E-state index contributed by atoms with van der Waals surface area (Å²) < 4.78 is 13.5. The van der Waals surface area contributed by atoms with Crippen molar-refractivity contribution in [2.45, 2.75) is 0 Å². The number of fused-ring (bicyclic) bond motifs is 1. The Morgan fingerprint density at radius 2 is 2.08 bits per heavy atom. The number of amides is 1. The molecular formula is C17H11Br2IN2O3. The first-order valence-electron chi connectivity index (χ1n) is 7.03. The van der Waals surface area contributed by atoms with Crippen molar-refractivity contribution in [1.29, 1.82) is 0 Å². The van der Waals surface area contributed by atoms with Crippen LogP contribution in [0.3, 0.4) is 0 Å². The average molecular weight is 578 g/mol. The SMILES string of the molecule is COc1c(Br)cc(/C=N/NC(=O)c2cc3cc(Br)ccc3o2)cc1I. The van der Waals surface area contributed by atoms with Crippen molar-refractivity contribution in [1.82, 2.24) is 5.43 Å². The molecule has 0 unspecified atom stereocenters. The molecule has 1 aromatic heterocycles. The lowest BCUT2D eigenvalue weighted by Crippen LogP contribution is -2.16. The van der Waals surface area contributed by atoms with Crippen molar-refractivity contribution < 1.29 is 13.9 Å². The molecule has 8 heteroatoms. The van der Waals surface area contributed by atoms with E-state index in [1.165, 1.54) is 0 Å². The Morgan fingerprint density at radius 3 is 2.80 bits per heavy atom. The highest BCUT2D eigenvalue weighted by atomic mass is 127. The van der Waals surface area contributed by atoms with Crippen molar-refractivity contribution in [3.63, 3.8) is 0 Å². The minimum atomic E-state index is -0.411. The monoisotopic (exact) mass is 576 g/mol. The predicted octanol–water partition coefficient (Wildman–Crippen LogP) is 5.33. The number of ether oxygens (including phenoxy) is 1. The van der Waals surface area contributed by atoms with Crippen LogP contribution in [0.25, 0.3) is 11.0 Å². The normalized spacial score (nSPS) is 11.2. The molecule has 0 saturated carbocycles. The van der Waals surface area contributed by atoms with Gasteiger partial charge in [0.25, 0.3) is 0 Å². The zero-order chi connectivity index (χ0) is 18.0. The Bertz CT molecular complexity index is 962. The number of carbonyl (C=O) groups excluding carboxylic acids is 1. The summed E-state index contributed by atoms with van der Waals surface area (Å²) in [5.74, 6) is 0.553. The zero-order valence-electron chi connectivity index (χ0n) is 12.8. The second kappa shape index (κ2) is 7.88. The van der Waals surface area contributed by atoms with E-state index in [1.54, 1.807) is 25.5 Å². The number of benzene rings is 2. The van der Waals surface area contributed by atoms with Gasteiger partial charge in [0.1, 0.15) is 11.3 Å². The van der Waals surface area contributed by atoms with Crippen LogP contribution in [0.15, 0.2) is 54.9 Å². The number of carbonyl (C=O) groups is 1. The number of rotatable bonds is 4. The van der Waals surface area contributed by atoms with Gasteiger partial charge in [-0.3, -0.25) is 4.79 Å². The average Bonchev–Trinajstić information content (AvgIpc) is 2.97. The molecule has 0 aliphatic carbocycles. The summed E-state index contributed by atoms with van der Waals surface area (Å²) in [6.45, 7) is 0. The number of nitrogens with zero attached hydrogens (tertiary/aromatic N) is 1. The second-order valence-electron chi connectivity index (χ2n) is 5.01. The van der Waals surface area contributed by atoms with Crippen LogP contribution in [0.4, 0.5) is 0 Å². The van der Waals surface area contributed by atoms with Gasteiger partial charge in [-0.25, -0.2) is 5.43 Å². The molecule has 0 fully saturated rings. The number of nitrogens with one attached hydrogen (secondary N) is 1. The number of halogens is 3. The van der Waals surface area contributed by atoms with Gasteiger partial charge in [0.2, 0.25) is 0 Å². The lowest BCUT2D eigenvalue weighted by atomic mass is 10.2. The van der Waals surface area contributed by atoms with E-state index in [0.717, 1.165) is 29.2 Å². The Labute approximate surface area is 174 Å². The van der Waals surface area contributed by atoms with Gasteiger partial charge in [0.05, 0.1) is 21.4 Å². The summed E-state index contributed by atoms with van der Waals surface area (Å²) in [4.78, 5) is 12.2. The van der Waals surface area contributed by atoms with Crippen molar-refractivity contribution in [2.75, 3.05) is 7.11 Å². The summed E-state index contributed by atoms with van der Waals surface area (Å²) in [7, 11) is 1.61. The lowest BCUT2D eigenvalue weighted by molar-refractivity contribution is 0.0929. The van der Waals surface area contributed by atoms with E-state index in [4.69, 9.17) is 9.15 Å². The van der Waals surface area contributed by atoms with Gasteiger partial charge in [0, 0.05) is 9.86 Å². The quantitative estimate of drug-likeness (QED) is 0.259. The van der Waals surface area contributed by atoms with E-state index in [1.807, 2.05) is 24.3 Å². The topological polar surface area (TPSA) is 63.8 Å². The van der Waals surface area contributed by atoms with Crippen LogP contribution in [0, 0.1) is 3.57 Å². The highest BCUT2D eigenvalue weighted by molar-refractivity contribution is 14.1. The second-order valence-corrected chi connectivity index (χ2v) is 7.94. The van der Waals surface area contributed by atoms with Crippen LogP contribution in [0.5, 0.6) is 5.75 Å². The van der Waals surface area contributed by atoms with Crippen molar-refractivity contribution in [3.8, 4) is 5.75 Å². The summed E-state index contributed by atoms with van der Waals surface area (Å²) in [6.07, 6.45) is 1.56. The van der Waals surface area contributed by atoms with E-state index in [2.05, 4.69) is 65.0 Å². The fourth-order valence-electron chi connectivity index (χ4n) is 2.20. The maximum absolute atomic E-state index is 12.2. The third kappa shape index (κ3) is 4.24. The van der Waals surface area contributed by atoms with Crippen molar-refractivity contribution >= 4 is 77.5 Å². The zero-order valence-corrected chi connectivity index (χ0v) is 18.2. The van der Waals surface area contributed by atoms with E-state index < -0.39 is 5.91 Å². The highest BCUT2D eigenvalue weighted by Crippen LogP contribution is 2.31. The first-order chi connectivity index (χ1) is 12.0. The molecule has 1 N–H and O–H groups in total. The number of methoxy groups -OCH3 is 1. The molecule has 1 heterocycles. The maximum atomic E-state index is 12.2. The summed E-state index contributed by atoms with van der Waals surface area (Å²) in [5, 5.41) is 4.83. The fourth-order valence-corrected chi connectivity index (χ4v) is 4.46. The van der Waals surface area contributed by atoms with E-state index >= 15 is 0 Å². The molecular weight excluding hydrogens is 567 g/mol. The summed E-state index contributed by atoms with van der Waals surface area (Å²) in [5.41, 5.74) is 3.94. The lowest BCUT2D eigenvalue weighted by Gasteiger charge is -2.06. The van der Waals surface area contributed by atoms with Crippen LogP contribution in [-0.4, -0.2) is 19.2 Å². The van der Waals surface area contributed by atoms with Crippen molar-refractivity contribution in [2.24, 2.45) is 5.10 Å². The summed E-state index contributed by atoms with van der Waals surface area (Å²) >= 11 is 9.01. The minimum Gasteiger partial charge on any atom is -0.494 e. The van der Waals surface area contributed by atoms with Gasteiger partial charge in [-0.2, -0.15) is 5.10 Å². The van der Waals surface area contributed by atoms with Gasteiger partial charge in [-0.1, -0.05) is 15.9 Å². The van der Waals surface area contributed by atoms with Crippen LogP contribution in [0.1, 0.15) is 16.1 Å². The Balaban J connectivity index is 1.73. The molecule has 2 aromatic carbocycles. The predicted molar refractivity (Wildman–Crippen MR) is 112 cm³/mol. The fraction of sp³-hybridized carbons (Fsp3) is 0.0588. The van der Waals surface area contributed by atoms with Gasteiger partial charge >= 0.3 is 5.91 Å². The number of hydrazone groups is 1. The summed E-state index contributed by atoms with van der Waals surface area (Å²) in [6, 6.07) is 11.0. The smallest absolute Gasteiger partial charge is 0.307 e. The Kier molecular flexibility index (Phi) is 5.80. The standard InChI is InChI=1S/C17H11Br2IN2O3/c1-24-16-12(19)4-9(5-13(16)20)8-21-22-17(23)15-7-10-6-11(18)2-3-14(10)25-15/h2-8H,1H3,(H,22,23)/b21-8+. The Hall–Kier alpha value is -1.39. The molecule has 0 bridgehead atoms. The molecule has 0 saturated heterocycles. The molecule has 0 atom stereocenters. The van der Waals surface area contributed by atoms with Gasteiger partial charge < -0.3 is 9.15 Å². The highest BCUT2D eigenvalue weighted by Gasteiger charge is 2.12. The third-order valence-electron chi connectivity index (χ3n) is 3.31. The molecule has 5 nitrogen and oxygen atoms in total. The van der Waals surface area contributed by atoms with Gasteiger partial charge in [-0.15, -0.1) is 0 Å². The van der Waals surface area contributed by atoms with Gasteiger partial charge in [-0.05, 0) is 80.5 Å². The first-order valence-corrected chi connectivity index (χ1v) is 9.70. The van der Waals surface area contributed by atoms with E-state index in [0.29, 0.717) is 5.58 Å². The molecule has 1 amide bonds.